The van der Waals surface area contributed by atoms with Crippen molar-refractivity contribution in [2.75, 3.05) is 21.2 Å². The van der Waals surface area contributed by atoms with E-state index in [1.807, 2.05) is 0 Å². The lowest BCUT2D eigenvalue weighted by molar-refractivity contribution is 0.0597. The largest absolute Gasteiger partial charge is 0.507 e. The standard InChI is InChI=1S/C10H14N2O5S/c1-12(2)11-18(15,16)7-4-5-9(13)8(6-7)10(14)17-3/h4-6,11,13H,1-3H3. The lowest BCUT2D eigenvalue weighted by Crippen LogP contribution is -2.36. The van der Waals surface area contributed by atoms with Gasteiger partial charge in [-0.05, 0) is 18.2 Å². The summed E-state index contributed by atoms with van der Waals surface area (Å²) >= 11 is 0. The average Bonchev–Trinajstić information content (AvgIpc) is 2.26. The van der Waals surface area contributed by atoms with Crippen molar-refractivity contribution in [1.82, 2.24) is 9.84 Å². The summed E-state index contributed by atoms with van der Waals surface area (Å²) in [6.45, 7) is 0. The van der Waals surface area contributed by atoms with Crippen LogP contribution in [0.3, 0.4) is 0 Å². The van der Waals surface area contributed by atoms with Gasteiger partial charge in [-0.15, -0.1) is 4.83 Å². The Balaban J connectivity index is 3.24. The van der Waals surface area contributed by atoms with E-state index in [0.717, 1.165) is 19.2 Å². The molecule has 0 spiro atoms. The highest BCUT2D eigenvalue weighted by atomic mass is 32.2. The SMILES string of the molecule is COC(=O)c1cc(S(=O)(=O)NN(C)C)ccc1O. The molecule has 18 heavy (non-hydrogen) atoms. The molecule has 0 atom stereocenters. The highest BCUT2D eigenvalue weighted by molar-refractivity contribution is 7.89. The molecule has 1 aromatic rings. The zero-order chi connectivity index (χ0) is 13.9. The van der Waals surface area contributed by atoms with Crippen LogP contribution >= 0.6 is 0 Å². The predicted molar refractivity (Wildman–Crippen MR) is 63.5 cm³/mol. The normalized spacial score (nSPS) is 11.6. The van der Waals surface area contributed by atoms with Crippen LogP contribution in [-0.4, -0.2) is 45.7 Å². The van der Waals surface area contributed by atoms with Crippen molar-refractivity contribution in [2.45, 2.75) is 4.90 Å². The number of nitrogens with one attached hydrogen (secondary N) is 1. The van der Waals surface area contributed by atoms with E-state index >= 15 is 0 Å². The lowest BCUT2D eigenvalue weighted by atomic mass is 10.2. The Hall–Kier alpha value is -1.64. The van der Waals surface area contributed by atoms with Gasteiger partial charge in [0.1, 0.15) is 11.3 Å². The number of ether oxygens (including phenoxy) is 1. The number of carbonyl (C=O) groups excluding carboxylic acids is 1. The number of benzene rings is 1. The van der Waals surface area contributed by atoms with E-state index in [2.05, 4.69) is 9.57 Å². The smallest absolute Gasteiger partial charge is 0.341 e. The van der Waals surface area contributed by atoms with Crippen molar-refractivity contribution in [3.8, 4) is 5.75 Å². The van der Waals surface area contributed by atoms with Gasteiger partial charge in [0.15, 0.2) is 0 Å². The van der Waals surface area contributed by atoms with Crippen molar-refractivity contribution in [2.24, 2.45) is 0 Å². The Kier molecular flexibility index (Phi) is 4.28. The molecule has 0 fully saturated rings. The average molecular weight is 274 g/mol. The zero-order valence-electron chi connectivity index (χ0n) is 10.2. The van der Waals surface area contributed by atoms with Crippen LogP contribution in [0.5, 0.6) is 5.75 Å². The summed E-state index contributed by atoms with van der Waals surface area (Å²) in [5.41, 5.74) is -0.209. The van der Waals surface area contributed by atoms with Crippen molar-refractivity contribution >= 4 is 16.0 Å². The third kappa shape index (κ3) is 3.19. The summed E-state index contributed by atoms with van der Waals surface area (Å²) in [7, 11) is 0.383. The molecule has 0 aliphatic heterocycles. The molecule has 1 rings (SSSR count). The predicted octanol–water partition coefficient (Wildman–Crippen LogP) is -0.0663. The maximum absolute atomic E-state index is 11.8. The molecular formula is C10H14N2O5S. The number of nitrogens with zero attached hydrogens (tertiary/aromatic N) is 1. The molecule has 0 aromatic heterocycles. The van der Waals surface area contributed by atoms with Gasteiger partial charge in [-0.25, -0.2) is 18.2 Å². The van der Waals surface area contributed by atoms with Crippen LogP contribution in [0.2, 0.25) is 0 Å². The van der Waals surface area contributed by atoms with Gasteiger partial charge in [0.05, 0.1) is 12.0 Å². The Morgan fingerprint density at radius 1 is 1.39 bits per heavy atom. The quantitative estimate of drug-likeness (QED) is 0.589. The maximum Gasteiger partial charge on any atom is 0.341 e. The van der Waals surface area contributed by atoms with Gasteiger partial charge in [0.25, 0.3) is 10.0 Å². The fraction of sp³-hybridized carbons (Fsp3) is 0.300. The van der Waals surface area contributed by atoms with Crippen LogP contribution in [0.1, 0.15) is 10.4 Å². The summed E-state index contributed by atoms with van der Waals surface area (Å²) in [5, 5.41) is 10.7. The van der Waals surface area contributed by atoms with Crippen LogP contribution in [-0.2, 0) is 14.8 Å². The fourth-order valence-electron chi connectivity index (χ4n) is 1.25. The second-order valence-electron chi connectivity index (χ2n) is 3.66. The Bertz CT molecular complexity index is 553. The zero-order valence-corrected chi connectivity index (χ0v) is 11.0. The first-order valence-electron chi connectivity index (χ1n) is 4.89. The first kappa shape index (κ1) is 14.4. The molecule has 7 nitrogen and oxygen atoms in total. The minimum atomic E-state index is -3.78. The highest BCUT2D eigenvalue weighted by Gasteiger charge is 2.19. The summed E-state index contributed by atoms with van der Waals surface area (Å²) in [6.07, 6.45) is 0. The van der Waals surface area contributed by atoms with Gasteiger partial charge in [0, 0.05) is 14.1 Å². The summed E-state index contributed by atoms with van der Waals surface area (Å²) in [5.74, 6) is -1.15. The molecule has 1 aromatic carbocycles. The Morgan fingerprint density at radius 3 is 2.50 bits per heavy atom. The number of hydrogen-bond acceptors (Lipinski definition) is 6. The topological polar surface area (TPSA) is 95.9 Å². The van der Waals surface area contributed by atoms with E-state index in [9.17, 15) is 18.3 Å². The number of hydrogen-bond donors (Lipinski definition) is 2. The molecule has 0 saturated heterocycles. The van der Waals surface area contributed by atoms with Gasteiger partial charge in [0.2, 0.25) is 0 Å². The number of esters is 1. The van der Waals surface area contributed by atoms with Gasteiger partial charge < -0.3 is 9.84 Å². The molecule has 0 amide bonds. The van der Waals surface area contributed by atoms with E-state index in [4.69, 9.17) is 0 Å². The fourth-order valence-corrected chi connectivity index (χ4v) is 2.36. The monoisotopic (exact) mass is 274 g/mol. The molecule has 0 aliphatic carbocycles. The molecule has 0 saturated carbocycles. The Morgan fingerprint density at radius 2 is 2.00 bits per heavy atom. The van der Waals surface area contributed by atoms with E-state index < -0.39 is 16.0 Å². The second kappa shape index (κ2) is 5.34. The molecule has 0 heterocycles. The molecule has 2 N–H and O–H groups in total. The summed E-state index contributed by atoms with van der Waals surface area (Å²) < 4.78 is 28.1. The number of sulfonamides is 1. The van der Waals surface area contributed by atoms with Gasteiger partial charge in [-0.1, -0.05) is 0 Å². The number of rotatable bonds is 4. The number of phenolic OH excluding ortho intramolecular Hbond substituents is 1. The number of phenols is 1. The first-order valence-corrected chi connectivity index (χ1v) is 6.37. The van der Waals surface area contributed by atoms with Gasteiger partial charge in [-0.3, -0.25) is 0 Å². The number of aromatic hydroxyl groups is 1. The van der Waals surface area contributed by atoms with Crippen molar-refractivity contribution in [3.05, 3.63) is 23.8 Å². The number of methoxy groups -OCH3 is 1. The van der Waals surface area contributed by atoms with E-state index in [0.29, 0.717) is 0 Å². The molecule has 0 bridgehead atoms. The molecule has 8 heteroatoms. The van der Waals surface area contributed by atoms with Gasteiger partial charge >= 0.3 is 5.97 Å². The van der Waals surface area contributed by atoms with Crippen LogP contribution in [0.4, 0.5) is 0 Å². The summed E-state index contributed by atoms with van der Waals surface area (Å²) in [4.78, 5) is 13.4. The van der Waals surface area contributed by atoms with Crippen molar-refractivity contribution in [1.29, 1.82) is 0 Å². The third-order valence-electron chi connectivity index (χ3n) is 1.99. The number of hydrazine groups is 1. The Labute approximate surface area is 105 Å². The van der Waals surface area contributed by atoms with Crippen LogP contribution < -0.4 is 4.83 Å². The third-order valence-corrected chi connectivity index (χ3v) is 3.47. The van der Waals surface area contributed by atoms with E-state index in [1.54, 1.807) is 0 Å². The van der Waals surface area contributed by atoms with Crippen molar-refractivity contribution in [3.63, 3.8) is 0 Å². The van der Waals surface area contributed by atoms with Crippen LogP contribution in [0.15, 0.2) is 23.1 Å². The van der Waals surface area contributed by atoms with E-state index in [-0.39, 0.29) is 16.2 Å². The van der Waals surface area contributed by atoms with E-state index in [1.165, 1.54) is 25.2 Å². The molecule has 100 valence electrons. The van der Waals surface area contributed by atoms with Gasteiger partial charge in [-0.2, -0.15) is 0 Å². The lowest BCUT2D eigenvalue weighted by Gasteiger charge is -2.13. The summed E-state index contributed by atoms with van der Waals surface area (Å²) in [6, 6.07) is 3.36. The molecule has 0 radical (unpaired) electrons. The maximum atomic E-state index is 11.8. The minimum absolute atomic E-state index is 0.144. The van der Waals surface area contributed by atoms with Crippen LogP contribution in [0.25, 0.3) is 0 Å². The van der Waals surface area contributed by atoms with Crippen LogP contribution in [0, 0.1) is 0 Å². The van der Waals surface area contributed by atoms with Crippen molar-refractivity contribution < 1.29 is 23.1 Å². The molecule has 0 aliphatic rings. The molecular weight excluding hydrogens is 260 g/mol. The second-order valence-corrected chi connectivity index (χ2v) is 5.32. The number of carbonyl (C=O) groups is 1. The molecule has 0 unspecified atom stereocenters. The minimum Gasteiger partial charge on any atom is -0.507 e. The first-order chi connectivity index (χ1) is 8.27. The highest BCUT2D eigenvalue weighted by Crippen LogP contribution is 2.21.